The van der Waals surface area contributed by atoms with E-state index in [0.717, 1.165) is 37.2 Å². The van der Waals surface area contributed by atoms with Crippen LogP contribution < -0.4 is 15.4 Å². The number of fused-ring (bicyclic) bond motifs is 1. The second kappa shape index (κ2) is 6.27. The van der Waals surface area contributed by atoms with Crippen LogP contribution in [0, 0.1) is 5.92 Å². The van der Waals surface area contributed by atoms with Crippen LogP contribution >= 0.6 is 0 Å². The average Bonchev–Trinajstić information content (AvgIpc) is 3.00. The van der Waals surface area contributed by atoms with Gasteiger partial charge in [0.1, 0.15) is 12.4 Å². The summed E-state index contributed by atoms with van der Waals surface area (Å²) in [5, 5.41) is 6.50. The molecule has 2 N–H and O–H groups in total. The number of hydrogen-bond acceptors (Lipinski definition) is 3. The zero-order valence-electron chi connectivity index (χ0n) is 11.7. The van der Waals surface area contributed by atoms with Crippen molar-refractivity contribution in [2.45, 2.75) is 31.7 Å². The number of rotatable bonds is 4. The van der Waals surface area contributed by atoms with Gasteiger partial charge in [0.25, 0.3) is 0 Å². The highest BCUT2D eigenvalue weighted by molar-refractivity contribution is 5.79. The SMILES string of the molecule is O=C(NCC[C@@H]1CCCN1)C1COc2ccccc2C1. The molecule has 2 aliphatic heterocycles. The average molecular weight is 274 g/mol. The zero-order valence-corrected chi connectivity index (χ0v) is 11.7. The second-order valence-corrected chi connectivity index (χ2v) is 5.69. The van der Waals surface area contributed by atoms with Crippen LogP contribution in [0.5, 0.6) is 5.75 Å². The number of carbonyl (C=O) groups excluding carboxylic acids is 1. The van der Waals surface area contributed by atoms with Gasteiger partial charge in [0.15, 0.2) is 0 Å². The normalized spacial score (nSPS) is 24.8. The van der Waals surface area contributed by atoms with Gasteiger partial charge in [-0.3, -0.25) is 4.79 Å². The van der Waals surface area contributed by atoms with Gasteiger partial charge in [-0.2, -0.15) is 0 Å². The highest BCUT2D eigenvalue weighted by Crippen LogP contribution is 2.26. The topological polar surface area (TPSA) is 50.4 Å². The number of amides is 1. The molecule has 0 aromatic heterocycles. The van der Waals surface area contributed by atoms with E-state index in [0.29, 0.717) is 12.6 Å². The van der Waals surface area contributed by atoms with E-state index in [1.54, 1.807) is 0 Å². The molecule has 0 bridgehead atoms. The van der Waals surface area contributed by atoms with Crippen LogP contribution in [0.4, 0.5) is 0 Å². The van der Waals surface area contributed by atoms with Crippen LogP contribution in [0.25, 0.3) is 0 Å². The van der Waals surface area contributed by atoms with Crippen molar-refractivity contribution >= 4 is 5.91 Å². The molecule has 0 saturated carbocycles. The van der Waals surface area contributed by atoms with E-state index >= 15 is 0 Å². The Morgan fingerprint density at radius 2 is 2.30 bits per heavy atom. The summed E-state index contributed by atoms with van der Waals surface area (Å²) in [6.45, 7) is 2.37. The van der Waals surface area contributed by atoms with Crippen molar-refractivity contribution in [1.29, 1.82) is 0 Å². The molecule has 1 fully saturated rings. The lowest BCUT2D eigenvalue weighted by atomic mass is 9.96. The molecule has 0 aliphatic carbocycles. The monoisotopic (exact) mass is 274 g/mol. The molecule has 2 aliphatic rings. The first-order chi connectivity index (χ1) is 9.83. The van der Waals surface area contributed by atoms with E-state index in [1.165, 1.54) is 12.8 Å². The smallest absolute Gasteiger partial charge is 0.226 e. The Morgan fingerprint density at radius 3 is 3.15 bits per heavy atom. The molecule has 0 radical (unpaired) electrons. The van der Waals surface area contributed by atoms with Gasteiger partial charge in [0, 0.05) is 12.6 Å². The molecule has 2 heterocycles. The molecule has 0 spiro atoms. The summed E-state index contributed by atoms with van der Waals surface area (Å²) in [5.41, 5.74) is 1.14. The molecule has 1 aromatic rings. The van der Waals surface area contributed by atoms with Gasteiger partial charge in [-0.15, -0.1) is 0 Å². The van der Waals surface area contributed by atoms with Crippen molar-refractivity contribution in [2.75, 3.05) is 19.7 Å². The first-order valence-corrected chi connectivity index (χ1v) is 7.55. The lowest BCUT2D eigenvalue weighted by Crippen LogP contribution is -2.39. The van der Waals surface area contributed by atoms with Crippen molar-refractivity contribution in [3.8, 4) is 5.75 Å². The molecular weight excluding hydrogens is 252 g/mol. The van der Waals surface area contributed by atoms with Gasteiger partial charge in [0.2, 0.25) is 5.91 Å². The van der Waals surface area contributed by atoms with Gasteiger partial charge in [-0.25, -0.2) is 0 Å². The highest BCUT2D eigenvalue weighted by Gasteiger charge is 2.25. The maximum Gasteiger partial charge on any atom is 0.226 e. The molecule has 4 nitrogen and oxygen atoms in total. The van der Waals surface area contributed by atoms with Gasteiger partial charge in [0.05, 0.1) is 5.92 Å². The molecule has 4 heteroatoms. The van der Waals surface area contributed by atoms with Crippen LogP contribution in [0.1, 0.15) is 24.8 Å². The van der Waals surface area contributed by atoms with Gasteiger partial charge in [-0.05, 0) is 43.9 Å². The van der Waals surface area contributed by atoms with E-state index in [4.69, 9.17) is 4.74 Å². The molecule has 3 rings (SSSR count). The Morgan fingerprint density at radius 1 is 1.40 bits per heavy atom. The van der Waals surface area contributed by atoms with Crippen molar-refractivity contribution in [3.05, 3.63) is 29.8 Å². The van der Waals surface area contributed by atoms with Crippen molar-refractivity contribution in [3.63, 3.8) is 0 Å². The third-order valence-electron chi connectivity index (χ3n) is 4.20. The maximum atomic E-state index is 12.2. The van der Waals surface area contributed by atoms with Crippen LogP contribution in [-0.2, 0) is 11.2 Å². The van der Waals surface area contributed by atoms with Gasteiger partial charge >= 0.3 is 0 Å². The lowest BCUT2D eigenvalue weighted by Gasteiger charge is -2.24. The zero-order chi connectivity index (χ0) is 13.8. The molecule has 2 atom stereocenters. The molecule has 1 unspecified atom stereocenters. The number of carbonyl (C=O) groups is 1. The summed E-state index contributed by atoms with van der Waals surface area (Å²) < 4.78 is 5.66. The summed E-state index contributed by atoms with van der Waals surface area (Å²) >= 11 is 0. The summed E-state index contributed by atoms with van der Waals surface area (Å²) in [5.74, 6) is 0.991. The third kappa shape index (κ3) is 3.12. The van der Waals surface area contributed by atoms with E-state index in [1.807, 2.05) is 24.3 Å². The predicted molar refractivity (Wildman–Crippen MR) is 77.8 cm³/mol. The molecule has 1 aromatic carbocycles. The minimum Gasteiger partial charge on any atom is -0.492 e. The summed E-state index contributed by atoms with van der Waals surface area (Å²) in [7, 11) is 0. The summed E-state index contributed by atoms with van der Waals surface area (Å²) in [6.07, 6.45) is 4.29. The first-order valence-electron chi connectivity index (χ1n) is 7.55. The van der Waals surface area contributed by atoms with Gasteiger partial charge < -0.3 is 15.4 Å². The maximum absolute atomic E-state index is 12.2. The quantitative estimate of drug-likeness (QED) is 0.875. The minimum atomic E-state index is -0.0542. The predicted octanol–water partition coefficient (Wildman–Crippen LogP) is 1.50. The second-order valence-electron chi connectivity index (χ2n) is 5.69. The Bertz CT molecular complexity index is 469. The summed E-state index contributed by atoms with van der Waals surface area (Å²) in [4.78, 5) is 12.2. The molecule has 20 heavy (non-hydrogen) atoms. The van der Waals surface area contributed by atoms with E-state index in [9.17, 15) is 4.79 Å². The van der Waals surface area contributed by atoms with Crippen LogP contribution in [0.2, 0.25) is 0 Å². The number of para-hydroxylation sites is 1. The summed E-state index contributed by atoms with van der Waals surface area (Å²) in [6, 6.07) is 8.55. The number of nitrogens with one attached hydrogen (secondary N) is 2. The van der Waals surface area contributed by atoms with E-state index in [-0.39, 0.29) is 11.8 Å². The highest BCUT2D eigenvalue weighted by atomic mass is 16.5. The van der Waals surface area contributed by atoms with Crippen molar-refractivity contribution in [2.24, 2.45) is 5.92 Å². The van der Waals surface area contributed by atoms with E-state index < -0.39 is 0 Å². The fourth-order valence-corrected chi connectivity index (χ4v) is 3.01. The van der Waals surface area contributed by atoms with Crippen LogP contribution in [-0.4, -0.2) is 31.6 Å². The molecule has 1 saturated heterocycles. The Kier molecular flexibility index (Phi) is 4.21. The minimum absolute atomic E-state index is 0.0542. The van der Waals surface area contributed by atoms with Crippen LogP contribution in [0.15, 0.2) is 24.3 Å². The number of hydrogen-bond donors (Lipinski definition) is 2. The van der Waals surface area contributed by atoms with Crippen molar-refractivity contribution < 1.29 is 9.53 Å². The number of ether oxygens (including phenoxy) is 1. The van der Waals surface area contributed by atoms with Crippen LogP contribution in [0.3, 0.4) is 0 Å². The fourth-order valence-electron chi connectivity index (χ4n) is 3.01. The third-order valence-corrected chi connectivity index (χ3v) is 4.20. The molecule has 1 amide bonds. The Hall–Kier alpha value is -1.55. The molecule has 108 valence electrons. The first kappa shape index (κ1) is 13.4. The standard InChI is InChI=1S/C16H22N2O2/c19-16(18-9-7-14-5-3-8-17-14)13-10-12-4-1-2-6-15(12)20-11-13/h1-2,4,6,13-14,17H,3,5,7-11H2,(H,18,19)/t13?,14-/m0/s1. The Labute approximate surface area is 119 Å². The molecular formula is C16H22N2O2. The number of benzene rings is 1. The lowest BCUT2D eigenvalue weighted by molar-refractivity contribution is -0.126. The Balaban J connectivity index is 1.46. The van der Waals surface area contributed by atoms with E-state index in [2.05, 4.69) is 10.6 Å². The van der Waals surface area contributed by atoms with Gasteiger partial charge in [-0.1, -0.05) is 18.2 Å². The van der Waals surface area contributed by atoms with Crippen molar-refractivity contribution in [1.82, 2.24) is 10.6 Å². The largest absolute Gasteiger partial charge is 0.492 e. The fraction of sp³-hybridized carbons (Fsp3) is 0.562.